The molecule has 0 bridgehead atoms. The molecule has 0 saturated heterocycles. The Morgan fingerprint density at radius 3 is 2.36 bits per heavy atom. The van der Waals surface area contributed by atoms with E-state index >= 15 is 0 Å². The lowest BCUT2D eigenvalue weighted by Gasteiger charge is -2.09. The number of aryl methyl sites for hydroxylation is 3. The molecule has 1 aromatic carbocycles. The Morgan fingerprint density at radius 1 is 0.944 bits per heavy atom. The number of alkyl halides is 3. The van der Waals surface area contributed by atoms with Crippen LogP contribution in [0.25, 0.3) is 33.8 Å². The van der Waals surface area contributed by atoms with Crippen LogP contribution in [-0.4, -0.2) is 41.2 Å². The Kier molecular flexibility index (Phi) is 5.70. The molecule has 0 spiro atoms. The molecule has 184 valence electrons. The van der Waals surface area contributed by atoms with Crippen LogP contribution in [0.1, 0.15) is 22.5 Å². The average Bonchev–Trinajstić information content (AvgIpc) is 3.39. The minimum Gasteiger partial charge on any atom is -0.480 e. The maximum Gasteiger partial charge on any atom is 0.434 e. The highest BCUT2D eigenvalue weighted by Gasteiger charge is 2.34. The van der Waals surface area contributed by atoms with E-state index in [2.05, 4.69) is 19.9 Å². The number of aromatic nitrogens is 7. The Hall–Kier alpha value is -4.28. The monoisotopic (exact) mass is 493 g/mol. The van der Waals surface area contributed by atoms with Crippen molar-refractivity contribution in [1.29, 1.82) is 0 Å². The Morgan fingerprint density at radius 2 is 1.69 bits per heavy atom. The number of nitrogens with zero attached hydrogens (tertiary/aromatic N) is 7. The second kappa shape index (κ2) is 8.74. The molecule has 4 heterocycles. The number of rotatable bonds is 5. The van der Waals surface area contributed by atoms with E-state index in [9.17, 15) is 13.2 Å². The lowest BCUT2D eigenvalue weighted by molar-refractivity contribution is -0.140. The standard InChI is InChI=1S/C25H22F3N7O/c1-14-20(24(36-4)31-13-30-14)22-29-10-18-21(33-22)17(11-34(18)2)9-15-5-7-16(8-6-15)23-32-19(12-35(23)3)25(26,27)28/h5-8,10-13H,9H2,1-4H3. The van der Waals surface area contributed by atoms with E-state index in [1.54, 1.807) is 25.4 Å². The van der Waals surface area contributed by atoms with Crippen molar-refractivity contribution in [2.24, 2.45) is 14.1 Å². The quantitative estimate of drug-likeness (QED) is 0.351. The molecule has 5 aromatic rings. The number of halogens is 3. The van der Waals surface area contributed by atoms with Crippen LogP contribution in [0.5, 0.6) is 5.88 Å². The third-order valence-electron chi connectivity index (χ3n) is 6.00. The smallest absolute Gasteiger partial charge is 0.434 e. The van der Waals surface area contributed by atoms with Crippen molar-refractivity contribution >= 4 is 11.0 Å². The molecule has 4 aromatic heterocycles. The summed E-state index contributed by atoms with van der Waals surface area (Å²) < 4.78 is 47.8. The van der Waals surface area contributed by atoms with Crippen LogP contribution in [0.3, 0.4) is 0 Å². The van der Waals surface area contributed by atoms with Gasteiger partial charge in [-0.2, -0.15) is 13.2 Å². The summed E-state index contributed by atoms with van der Waals surface area (Å²) >= 11 is 0. The molecule has 8 nitrogen and oxygen atoms in total. The fourth-order valence-corrected chi connectivity index (χ4v) is 4.21. The number of methoxy groups -OCH3 is 1. The maximum absolute atomic E-state index is 13.0. The van der Waals surface area contributed by atoms with Gasteiger partial charge in [-0.15, -0.1) is 0 Å². The molecular weight excluding hydrogens is 471 g/mol. The van der Waals surface area contributed by atoms with Crippen molar-refractivity contribution in [2.75, 3.05) is 7.11 Å². The molecule has 5 rings (SSSR count). The van der Waals surface area contributed by atoms with E-state index in [0.29, 0.717) is 34.9 Å². The number of hydrogen-bond donors (Lipinski definition) is 0. The van der Waals surface area contributed by atoms with Gasteiger partial charge < -0.3 is 13.9 Å². The molecule has 0 amide bonds. The molecule has 11 heteroatoms. The van der Waals surface area contributed by atoms with Crippen LogP contribution in [-0.2, 0) is 26.7 Å². The van der Waals surface area contributed by atoms with Crippen LogP contribution < -0.4 is 4.74 Å². The third-order valence-corrected chi connectivity index (χ3v) is 6.00. The summed E-state index contributed by atoms with van der Waals surface area (Å²) in [6, 6.07) is 7.32. The summed E-state index contributed by atoms with van der Waals surface area (Å²) in [7, 11) is 5.01. The predicted octanol–water partition coefficient (Wildman–Crippen LogP) is 4.75. The first kappa shape index (κ1) is 23.5. The molecule has 0 atom stereocenters. The van der Waals surface area contributed by atoms with E-state index in [0.717, 1.165) is 28.4 Å². The lowest BCUT2D eigenvalue weighted by atomic mass is 10.0. The van der Waals surface area contributed by atoms with E-state index in [-0.39, 0.29) is 5.82 Å². The zero-order valence-corrected chi connectivity index (χ0v) is 20.0. The van der Waals surface area contributed by atoms with Crippen LogP contribution in [0.15, 0.2) is 49.2 Å². The van der Waals surface area contributed by atoms with Crippen LogP contribution in [0.4, 0.5) is 13.2 Å². The van der Waals surface area contributed by atoms with Crippen molar-refractivity contribution in [2.45, 2.75) is 19.5 Å². The minimum atomic E-state index is -4.49. The summed E-state index contributed by atoms with van der Waals surface area (Å²) in [5.41, 5.74) is 4.65. The maximum atomic E-state index is 13.0. The second-order valence-electron chi connectivity index (χ2n) is 8.47. The summed E-state index contributed by atoms with van der Waals surface area (Å²) in [6.07, 6.45) is 2.27. The van der Waals surface area contributed by atoms with Gasteiger partial charge in [0.2, 0.25) is 5.88 Å². The number of ether oxygens (including phenoxy) is 1. The summed E-state index contributed by atoms with van der Waals surface area (Å²) in [5.74, 6) is 1.12. The first-order chi connectivity index (χ1) is 17.2. The number of benzene rings is 1. The molecule has 0 fully saturated rings. The van der Waals surface area contributed by atoms with Crippen LogP contribution >= 0.6 is 0 Å². The van der Waals surface area contributed by atoms with E-state index < -0.39 is 11.9 Å². The molecule has 0 radical (unpaired) electrons. The molecule has 36 heavy (non-hydrogen) atoms. The van der Waals surface area contributed by atoms with Gasteiger partial charge >= 0.3 is 6.18 Å². The number of fused-ring (bicyclic) bond motifs is 1. The normalized spacial score (nSPS) is 11.9. The van der Waals surface area contributed by atoms with Gasteiger partial charge in [-0.25, -0.2) is 24.9 Å². The van der Waals surface area contributed by atoms with E-state index in [1.807, 2.05) is 36.9 Å². The fourth-order valence-electron chi connectivity index (χ4n) is 4.21. The second-order valence-corrected chi connectivity index (χ2v) is 8.47. The lowest BCUT2D eigenvalue weighted by Crippen LogP contribution is -2.04. The molecular formula is C25H22F3N7O. The molecule has 0 N–H and O–H groups in total. The summed E-state index contributed by atoms with van der Waals surface area (Å²) in [6.45, 7) is 1.85. The van der Waals surface area contributed by atoms with Gasteiger partial charge in [0.1, 0.15) is 17.7 Å². The predicted molar refractivity (Wildman–Crippen MR) is 127 cm³/mol. The van der Waals surface area contributed by atoms with Crippen molar-refractivity contribution in [1.82, 2.24) is 34.1 Å². The first-order valence-electron chi connectivity index (χ1n) is 11.0. The molecule has 0 saturated carbocycles. The Balaban J connectivity index is 1.48. The Labute approximate surface area is 204 Å². The molecule has 0 aliphatic carbocycles. The topological polar surface area (TPSA) is 83.5 Å². The van der Waals surface area contributed by atoms with E-state index in [1.165, 1.54) is 18.0 Å². The van der Waals surface area contributed by atoms with Crippen molar-refractivity contribution in [3.8, 4) is 28.7 Å². The van der Waals surface area contributed by atoms with Gasteiger partial charge in [-0.05, 0) is 12.5 Å². The summed E-state index contributed by atoms with van der Waals surface area (Å²) in [5, 5.41) is 0. The summed E-state index contributed by atoms with van der Waals surface area (Å²) in [4.78, 5) is 21.5. The highest BCUT2D eigenvalue weighted by molar-refractivity contribution is 5.82. The SMILES string of the molecule is COc1ncnc(C)c1-c1ncc2c(n1)c(Cc1ccc(-c3nc(C(F)(F)F)cn3C)cc1)cn2C. The van der Waals surface area contributed by atoms with Gasteiger partial charge in [0.05, 0.1) is 30.0 Å². The highest BCUT2D eigenvalue weighted by Crippen LogP contribution is 2.32. The van der Waals surface area contributed by atoms with Gasteiger partial charge in [0.25, 0.3) is 0 Å². The molecule has 0 unspecified atom stereocenters. The van der Waals surface area contributed by atoms with Gasteiger partial charge in [0.15, 0.2) is 11.5 Å². The minimum absolute atomic E-state index is 0.255. The van der Waals surface area contributed by atoms with E-state index in [4.69, 9.17) is 9.72 Å². The molecule has 0 aliphatic heterocycles. The fraction of sp³-hybridized carbons (Fsp3) is 0.240. The third kappa shape index (κ3) is 4.16. The molecule has 0 aliphatic rings. The highest BCUT2D eigenvalue weighted by atomic mass is 19.4. The van der Waals surface area contributed by atoms with Crippen molar-refractivity contribution in [3.63, 3.8) is 0 Å². The zero-order valence-electron chi connectivity index (χ0n) is 20.0. The van der Waals surface area contributed by atoms with Crippen LogP contribution in [0, 0.1) is 6.92 Å². The Bertz CT molecular complexity index is 1570. The van der Waals surface area contributed by atoms with Crippen molar-refractivity contribution < 1.29 is 17.9 Å². The largest absolute Gasteiger partial charge is 0.480 e. The zero-order chi connectivity index (χ0) is 25.6. The van der Waals surface area contributed by atoms with Gasteiger partial charge in [-0.3, -0.25) is 0 Å². The van der Waals surface area contributed by atoms with Crippen molar-refractivity contribution in [3.05, 3.63) is 71.7 Å². The van der Waals surface area contributed by atoms with Gasteiger partial charge in [0, 0.05) is 44.0 Å². The number of imidazole rings is 1. The van der Waals surface area contributed by atoms with Crippen LogP contribution in [0.2, 0.25) is 0 Å². The number of hydrogen-bond acceptors (Lipinski definition) is 6. The average molecular weight is 493 g/mol. The first-order valence-corrected chi connectivity index (χ1v) is 11.0. The van der Waals surface area contributed by atoms with Gasteiger partial charge in [-0.1, -0.05) is 24.3 Å².